The Labute approximate surface area is 160 Å². The van der Waals surface area contributed by atoms with Crippen LogP contribution in [0.25, 0.3) is 0 Å². The van der Waals surface area contributed by atoms with Crippen LogP contribution in [0.2, 0.25) is 0 Å². The molecule has 134 valence electrons. The maximum absolute atomic E-state index is 12.4. The van der Waals surface area contributed by atoms with Crippen molar-refractivity contribution in [2.24, 2.45) is 0 Å². The van der Waals surface area contributed by atoms with E-state index >= 15 is 0 Å². The minimum absolute atomic E-state index is 0.156. The van der Waals surface area contributed by atoms with Gasteiger partial charge in [0, 0.05) is 10.2 Å². The number of benzene rings is 2. The van der Waals surface area contributed by atoms with Crippen LogP contribution in [0, 0.1) is 11.3 Å². The molecule has 2 aromatic carbocycles. The van der Waals surface area contributed by atoms with E-state index in [0.29, 0.717) is 16.9 Å². The molecule has 26 heavy (non-hydrogen) atoms. The Balaban J connectivity index is 1.90. The van der Waals surface area contributed by atoms with Gasteiger partial charge >= 0.3 is 0 Å². The number of carbonyl (C=O) groups excluding carboxylic acids is 2. The fraction of sp³-hybridized carbons (Fsp3) is 0.211. The van der Waals surface area contributed by atoms with Crippen molar-refractivity contribution in [3.05, 3.63) is 58.6 Å². The second-order valence-electron chi connectivity index (χ2n) is 5.95. The van der Waals surface area contributed by atoms with Gasteiger partial charge in [0.15, 0.2) is 12.6 Å². The van der Waals surface area contributed by atoms with Crippen LogP contribution in [0.3, 0.4) is 0 Å². The third kappa shape index (κ3) is 5.41. The first kappa shape index (κ1) is 19.6. The number of para-hydroxylation sites is 1. The third-order valence-corrected chi connectivity index (χ3v) is 4.69. The highest BCUT2D eigenvalue weighted by Crippen LogP contribution is 2.20. The summed E-state index contributed by atoms with van der Waals surface area (Å²) in [5.41, 5.74) is 1.84. The molecule has 7 heteroatoms. The van der Waals surface area contributed by atoms with E-state index < -0.39 is 6.04 Å². The predicted octanol–water partition coefficient (Wildman–Crippen LogP) is 1.80. The number of rotatable bonds is 6. The van der Waals surface area contributed by atoms with Crippen molar-refractivity contribution in [1.82, 2.24) is 0 Å². The molecule has 0 fully saturated rings. The van der Waals surface area contributed by atoms with Crippen molar-refractivity contribution in [1.29, 1.82) is 5.26 Å². The van der Waals surface area contributed by atoms with Crippen molar-refractivity contribution < 1.29 is 14.5 Å². The smallest absolute Gasteiger partial charge is 0.282 e. The SMILES string of the molecule is C[C@H](C(=O)Nc1ccc(C#N)cc1)[NH+](C)CC(=O)Nc1ccccc1Br. The first-order valence-electron chi connectivity index (χ1n) is 8.08. The van der Waals surface area contributed by atoms with Crippen LogP contribution in [0.5, 0.6) is 0 Å². The maximum atomic E-state index is 12.4. The lowest BCUT2D eigenvalue weighted by atomic mass is 10.2. The lowest BCUT2D eigenvalue weighted by Crippen LogP contribution is -3.14. The molecule has 2 aromatic rings. The molecule has 0 aliphatic carbocycles. The predicted molar refractivity (Wildman–Crippen MR) is 104 cm³/mol. The fourth-order valence-corrected chi connectivity index (χ4v) is 2.65. The first-order valence-corrected chi connectivity index (χ1v) is 8.87. The van der Waals surface area contributed by atoms with Crippen molar-refractivity contribution in [3.8, 4) is 6.07 Å². The van der Waals surface area contributed by atoms with Crippen molar-refractivity contribution in [2.45, 2.75) is 13.0 Å². The molecule has 0 saturated heterocycles. The molecule has 2 amide bonds. The average Bonchev–Trinajstić information content (AvgIpc) is 2.63. The van der Waals surface area contributed by atoms with E-state index in [1.807, 2.05) is 24.3 Å². The second-order valence-corrected chi connectivity index (χ2v) is 6.81. The minimum atomic E-state index is -0.421. The topological polar surface area (TPSA) is 86.4 Å². The first-order chi connectivity index (χ1) is 12.4. The molecule has 0 radical (unpaired) electrons. The lowest BCUT2D eigenvalue weighted by Gasteiger charge is -2.20. The number of likely N-dealkylation sites (N-methyl/N-ethyl adjacent to an activating group) is 1. The van der Waals surface area contributed by atoms with Crippen LogP contribution in [0.15, 0.2) is 53.0 Å². The van der Waals surface area contributed by atoms with Gasteiger partial charge in [-0.05, 0) is 59.3 Å². The van der Waals surface area contributed by atoms with E-state index in [2.05, 4.69) is 26.6 Å². The largest absolute Gasteiger partial charge is 0.321 e. The van der Waals surface area contributed by atoms with Gasteiger partial charge in [-0.25, -0.2) is 0 Å². The Morgan fingerprint density at radius 3 is 2.42 bits per heavy atom. The Morgan fingerprint density at radius 1 is 1.15 bits per heavy atom. The highest BCUT2D eigenvalue weighted by atomic mass is 79.9. The normalized spacial score (nSPS) is 12.5. The highest BCUT2D eigenvalue weighted by molar-refractivity contribution is 9.10. The van der Waals surface area contributed by atoms with Crippen LogP contribution < -0.4 is 15.5 Å². The molecule has 0 aliphatic heterocycles. The maximum Gasteiger partial charge on any atom is 0.282 e. The van der Waals surface area contributed by atoms with E-state index in [-0.39, 0.29) is 18.4 Å². The number of halogens is 1. The van der Waals surface area contributed by atoms with E-state index in [0.717, 1.165) is 9.37 Å². The Kier molecular flexibility index (Phi) is 6.89. The highest BCUT2D eigenvalue weighted by Gasteiger charge is 2.24. The van der Waals surface area contributed by atoms with Gasteiger partial charge in [0.2, 0.25) is 0 Å². The van der Waals surface area contributed by atoms with Crippen LogP contribution in [0.4, 0.5) is 11.4 Å². The number of nitrogens with zero attached hydrogens (tertiary/aromatic N) is 1. The number of anilines is 2. The molecule has 2 rings (SSSR count). The minimum Gasteiger partial charge on any atom is -0.321 e. The average molecular weight is 416 g/mol. The number of amides is 2. The van der Waals surface area contributed by atoms with E-state index in [1.165, 1.54) is 0 Å². The summed E-state index contributed by atoms with van der Waals surface area (Å²) in [6.07, 6.45) is 0. The van der Waals surface area contributed by atoms with Crippen LogP contribution in [-0.4, -0.2) is 31.4 Å². The molecule has 0 saturated carbocycles. The summed E-state index contributed by atoms with van der Waals surface area (Å²) >= 11 is 3.38. The number of quaternary nitrogens is 1. The molecule has 0 spiro atoms. The summed E-state index contributed by atoms with van der Waals surface area (Å²) in [4.78, 5) is 25.3. The quantitative estimate of drug-likeness (QED) is 0.672. The zero-order chi connectivity index (χ0) is 19.1. The van der Waals surface area contributed by atoms with Crippen molar-refractivity contribution in [3.63, 3.8) is 0 Å². The van der Waals surface area contributed by atoms with Gasteiger partial charge in [0.1, 0.15) is 0 Å². The number of nitriles is 1. The van der Waals surface area contributed by atoms with E-state index in [1.54, 1.807) is 44.3 Å². The molecular weight excluding hydrogens is 396 g/mol. The molecule has 0 aromatic heterocycles. The second kappa shape index (κ2) is 9.13. The molecule has 0 heterocycles. The molecule has 2 atom stereocenters. The zero-order valence-corrected chi connectivity index (χ0v) is 16.1. The Morgan fingerprint density at radius 2 is 1.81 bits per heavy atom. The van der Waals surface area contributed by atoms with Gasteiger partial charge in [-0.1, -0.05) is 12.1 Å². The summed E-state index contributed by atoms with van der Waals surface area (Å²) in [7, 11) is 1.79. The van der Waals surface area contributed by atoms with Crippen molar-refractivity contribution >= 4 is 39.1 Å². The fourth-order valence-electron chi connectivity index (χ4n) is 2.27. The van der Waals surface area contributed by atoms with Gasteiger partial charge in [-0.2, -0.15) is 5.26 Å². The summed E-state index contributed by atoms with van der Waals surface area (Å²) in [5.74, 6) is -0.367. The van der Waals surface area contributed by atoms with Crippen LogP contribution >= 0.6 is 15.9 Å². The third-order valence-electron chi connectivity index (χ3n) is 4.00. The van der Waals surface area contributed by atoms with Gasteiger partial charge in [0.25, 0.3) is 11.8 Å². The molecule has 0 bridgehead atoms. The van der Waals surface area contributed by atoms with Gasteiger partial charge in [-0.3, -0.25) is 9.59 Å². The van der Waals surface area contributed by atoms with E-state index in [4.69, 9.17) is 5.26 Å². The van der Waals surface area contributed by atoms with E-state index in [9.17, 15) is 9.59 Å². The number of carbonyl (C=O) groups is 2. The molecule has 6 nitrogen and oxygen atoms in total. The number of nitrogens with one attached hydrogen (secondary N) is 3. The number of hydrogen-bond donors (Lipinski definition) is 3. The van der Waals surface area contributed by atoms with Crippen LogP contribution in [0.1, 0.15) is 12.5 Å². The summed E-state index contributed by atoms with van der Waals surface area (Å²) in [6.45, 7) is 1.92. The molecule has 1 unspecified atom stereocenters. The molecule has 3 N–H and O–H groups in total. The van der Waals surface area contributed by atoms with Gasteiger partial charge < -0.3 is 15.5 Å². The summed E-state index contributed by atoms with van der Waals surface area (Å²) < 4.78 is 0.803. The Hall–Kier alpha value is -2.69. The molecule has 0 aliphatic rings. The zero-order valence-electron chi connectivity index (χ0n) is 14.5. The monoisotopic (exact) mass is 415 g/mol. The van der Waals surface area contributed by atoms with Gasteiger partial charge in [-0.15, -0.1) is 0 Å². The standard InChI is InChI=1S/C19H19BrN4O2/c1-13(19(26)22-15-9-7-14(11-21)8-10-15)24(2)12-18(25)23-17-6-4-3-5-16(17)20/h3-10,13H,12H2,1-2H3,(H,22,26)(H,23,25)/p+1/t13-/m1/s1. The lowest BCUT2D eigenvalue weighted by molar-refractivity contribution is -0.885. The Bertz CT molecular complexity index is 830. The van der Waals surface area contributed by atoms with Gasteiger partial charge in [0.05, 0.1) is 24.4 Å². The summed E-state index contributed by atoms with van der Waals surface area (Å²) in [5, 5.41) is 14.4. The van der Waals surface area contributed by atoms with Crippen molar-refractivity contribution in [2.75, 3.05) is 24.2 Å². The number of hydrogen-bond acceptors (Lipinski definition) is 3. The molecular formula is C19H20BrN4O2+. The summed E-state index contributed by atoms with van der Waals surface area (Å²) in [6, 6.07) is 15.6. The van der Waals surface area contributed by atoms with Crippen LogP contribution in [-0.2, 0) is 9.59 Å².